The molecule has 0 aliphatic carbocycles. The van der Waals surface area contributed by atoms with Gasteiger partial charge in [0.25, 0.3) is 0 Å². The third-order valence-corrected chi connectivity index (χ3v) is 6.09. The molecular formula is C18H25N3O2S. The number of aromatic nitrogens is 2. The predicted molar refractivity (Wildman–Crippen MR) is 97.6 cm³/mol. The first-order chi connectivity index (χ1) is 11.4. The van der Waals surface area contributed by atoms with E-state index in [9.17, 15) is 4.79 Å². The molecule has 0 spiro atoms. The molecular weight excluding hydrogens is 322 g/mol. The Bertz CT molecular complexity index is 771. The van der Waals surface area contributed by atoms with Gasteiger partial charge in [-0.3, -0.25) is 4.79 Å². The third-order valence-electron chi connectivity index (χ3n) is 5.10. The monoisotopic (exact) mass is 347 g/mol. The van der Waals surface area contributed by atoms with Crippen LogP contribution in [0.1, 0.15) is 38.6 Å². The first-order valence-electron chi connectivity index (χ1n) is 8.53. The Morgan fingerprint density at radius 2 is 2.17 bits per heavy atom. The SMILES string of the molecule is CCOC(=O)C1(C(C)C)CCN(c2nc(C)nc3scc(C)c23)C1. The molecule has 0 amide bonds. The number of aryl methyl sites for hydroxylation is 2. The molecule has 0 saturated carbocycles. The highest BCUT2D eigenvalue weighted by Crippen LogP contribution is 2.42. The van der Waals surface area contributed by atoms with Crippen LogP contribution in [0.2, 0.25) is 0 Å². The molecule has 1 saturated heterocycles. The van der Waals surface area contributed by atoms with Crippen molar-refractivity contribution in [1.82, 2.24) is 9.97 Å². The second-order valence-corrected chi connectivity index (χ2v) is 7.75. The van der Waals surface area contributed by atoms with Gasteiger partial charge in [-0.1, -0.05) is 13.8 Å². The van der Waals surface area contributed by atoms with Crippen LogP contribution >= 0.6 is 11.3 Å². The molecule has 0 aromatic carbocycles. The molecule has 1 fully saturated rings. The molecule has 0 bridgehead atoms. The maximum Gasteiger partial charge on any atom is 0.314 e. The quantitative estimate of drug-likeness (QED) is 0.789. The van der Waals surface area contributed by atoms with Crippen molar-refractivity contribution < 1.29 is 9.53 Å². The number of esters is 1. The molecule has 1 aliphatic heterocycles. The standard InChI is InChI=1S/C18H25N3O2S/c1-6-23-17(22)18(11(2)3)7-8-21(10-18)15-14-12(4)9-24-16(14)20-13(5)19-15/h9,11H,6-8,10H2,1-5H3. The zero-order valence-corrected chi connectivity index (χ0v) is 15.9. The highest BCUT2D eigenvalue weighted by molar-refractivity contribution is 7.17. The van der Waals surface area contributed by atoms with Crippen molar-refractivity contribution in [3.63, 3.8) is 0 Å². The van der Waals surface area contributed by atoms with Crippen molar-refractivity contribution in [3.8, 4) is 0 Å². The summed E-state index contributed by atoms with van der Waals surface area (Å²) in [6.45, 7) is 12.0. The number of anilines is 1. The number of thiophene rings is 1. The van der Waals surface area contributed by atoms with E-state index in [-0.39, 0.29) is 11.9 Å². The van der Waals surface area contributed by atoms with Crippen LogP contribution in [-0.4, -0.2) is 35.6 Å². The van der Waals surface area contributed by atoms with Crippen LogP contribution in [-0.2, 0) is 9.53 Å². The average molecular weight is 347 g/mol. The lowest BCUT2D eigenvalue weighted by Gasteiger charge is -2.31. The summed E-state index contributed by atoms with van der Waals surface area (Å²) in [6, 6.07) is 0. The molecule has 0 radical (unpaired) electrons. The molecule has 0 N–H and O–H groups in total. The third kappa shape index (κ3) is 2.66. The van der Waals surface area contributed by atoms with E-state index in [1.807, 2.05) is 13.8 Å². The van der Waals surface area contributed by atoms with E-state index in [1.165, 1.54) is 5.56 Å². The highest BCUT2D eigenvalue weighted by Gasteiger charge is 2.49. The molecule has 2 aromatic rings. The number of nitrogens with zero attached hydrogens (tertiary/aromatic N) is 3. The largest absolute Gasteiger partial charge is 0.466 e. The van der Waals surface area contributed by atoms with Crippen LogP contribution < -0.4 is 4.90 Å². The van der Waals surface area contributed by atoms with Crippen LogP contribution in [0.4, 0.5) is 5.82 Å². The van der Waals surface area contributed by atoms with Crippen molar-refractivity contribution >= 4 is 33.3 Å². The van der Waals surface area contributed by atoms with Crippen molar-refractivity contribution in [2.75, 3.05) is 24.6 Å². The molecule has 6 heteroatoms. The Kier molecular flexibility index (Phi) is 4.51. The maximum atomic E-state index is 12.7. The zero-order chi connectivity index (χ0) is 17.5. The number of ether oxygens (including phenoxy) is 1. The fourth-order valence-electron chi connectivity index (χ4n) is 3.56. The molecule has 1 aliphatic rings. The number of hydrogen-bond acceptors (Lipinski definition) is 6. The molecule has 5 nitrogen and oxygen atoms in total. The second kappa shape index (κ2) is 6.31. The van der Waals surface area contributed by atoms with Gasteiger partial charge in [0.15, 0.2) is 0 Å². The normalized spacial score (nSPS) is 21.0. The van der Waals surface area contributed by atoms with Gasteiger partial charge in [-0.15, -0.1) is 11.3 Å². The molecule has 2 aromatic heterocycles. The Labute approximate surface area is 147 Å². The minimum absolute atomic E-state index is 0.0773. The lowest BCUT2D eigenvalue weighted by atomic mass is 9.76. The molecule has 3 rings (SSSR count). The summed E-state index contributed by atoms with van der Waals surface area (Å²) in [5, 5.41) is 3.24. The number of rotatable bonds is 4. The van der Waals surface area contributed by atoms with Crippen LogP contribution in [0.5, 0.6) is 0 Å². The first kappa shape index (κ1) is 17.1. The minimum Gasteiger partial charge on any atom is -0.466 e. The lowest BCUT2D eigenvalue weighted by molar-refractivity contribution is -0.156. The van der Waals surface area contributed by atoms with Gasteiger partial charge in [-0.25, -0.2) is 9.97 Å². The average Bonchev–Trinajstić information content (AvgIpc) is 3.12. The van der Waals surface area contributed by atoms with E-state index < -0.39 is 5.41 Å². The Morgan fingerprint density at radius 1 is 1.42 bits per heavy atom. The van der Waals surface area contributed by atoms with Gasteiger partial charge in [-0.2, -0.15) is 0 Å². The van der Waals surface area contributed by atoms with E-state index in [2.05, 4.69) is 36.0 Å². The van der Waals surface area contributed by atoms with Crippen LogP contribution in [0.25, 0.3) is 10.2 Å². The zero-order valence-electron chi connectivity index (χ0n) is 15.0. The lowest BCUT2D eigenvalue weighted by Crippen LogP contribution is -2.41. The highest BCUT2D eigenvalue weighted by atomic mass is 32.1. The molecule has 1 atom stereocenters. The van der Waals surface area contributed by atoms with E-state index in [0.717, 1.165) is 34.8 Å². The number of carbonyl (C=O) groups is 1. The van der Waals surface area contributed by atoms with Crippen LogP contribution in [0.15, 0.2) is 5.38 Å². The number of carbonyl (C=O) groups excluding carboxylic acids is 1. The minimum atomic E-state index is -0.453. The van der Waals surface area contributed by atoms with Gasteiger partial charge in [0.2, 0.25) is 0 Å². The Balaban J connectivity index is 2.01. The maximum absolute atomic E-state index is 12.7. The first-order valence-corrected chi connectivity index (χ1v) is 9.41. The summed E-state index contributed by atoms with van der Waals surface area (Å²) in [7, 11) is 0. The van der Waals surface area contributed by atoms with E-state index >= 15 is 0 Å². The summed E-state index contributed by atoms with van der Waals surface area (Å²) < 4.78 is 5.40. The van der Waals surface area contributed by atoms with Crippen LogP contribution in [0.3, 0.4) is 0 Å². The summed E-state index contributed by atoms with van der Waals surface area (Å²) in [6.07, 6.45) is 0.803. The molecule has 130 valence electrons. The fourth-order valence-corrected chi connectivity index (χ4v) is 4.52. The van der Waals surface area contributed by atoms with Crippen molar-refractivity contribution in [2.45, 2.75) is 41.0 Å². The smallest absolute Gasteiger partial charge is 0.314 e. The van der Waals surface area contributed by atoms with E-state index in [4.69, 9.17) is 9.72 Å². The summed E-state index contributed by atoms with van der Waals surface area (Å²) >= 11 is 1.65. The summed E-state index contributed by atoms with van der Waals surface area (Å²) in [5.74, 6) is 1.88. The van der Waals surface area contributed by atoms with Crippen molar-refractivity contribution in [1.29, 1.82) is 0 Å². The predicted octanol–water partition coefficient (Wildman–Crippen LogP) is 3.72. The van der Waals surface area contributed by atoms with E-state index in [0.29, 0.717) is 13.2 Å². The van der Waals surface area contributed by atoms with Gasteiger partial charge in [0.05, 0.1) is 17.4 Å². The number of fused-ring (bicyclic) bond motifs is 1. The van der Waals surface area contributed by atoms with Crippen molar-refractivity contribution in [3.05, 3.63) is 16.8 Å². The molecule has 24 heavy (non-hydrogen) atoms. The van der Waals surface area contributed by atoms with Crippen molar-refractivity contribution in [2.24, 2.45) is 11.3 Å². The molecule has 1 unspecified atom stereocenters. The number of hydrogen-bond donors (Lipinski definition) is 0. The summed E-state index contributed by atoms with van der Waals surface area (Å²) in [5.41, 5.74) is 0.744. The Hall–Kier alpha value is -1.69. The fraction of sp³-hybridized carbons (Fsp3) is 0.611. The van der Waals surface area contributed by atoms with Gasteiger partial charge in [0, 0.05) is 13.1 Å². The molecule has 3 heterocycles. The topological polar surface area (TPSA) is 55.3 Å². The van der Waals surface area contributed by atoms with Gasteiger partial charge in [-0.05, 0) is 44.1 Å². The van der Waals surface area contributed by atoms with Gasteiger partial charge in [0.1, 0.15) is 16.5 Å². The van der Waals surface area contributed by atoms with Gasteiger partial charge < -0.3 is 9.64 Å². The summed E-state index contributed by atoms with van der Waals surface area (Å²) in [4.78, 5) is 25.2. The Morgan fingerprint density at radius 3 is 2.83 bits per heavy atom. The van der Waals surface area contributed by atoms with E-state index in [1.54, 1.807) is 11.3 Å². The second-order valence-electron chi connectivity index (χ2n) is 6.90. The van der Waals surface area contributed by atoms with Gasteiger partial charge >= 0.3 is 5.97 Å². The van der Waals surface area contributed by atoms with Crippen LogP contribution in [0, 0.1) is 25.2 Å².